The van der Waals surface area contributed by atoms with Gasteiger partial charge in [0.15, 0.2) is 0 Å². The summed E-state index contributed by atoms with van der Waals surface area (Å²) in [6, 6.07) is 0. The van der Waals surface area contributed by atoms with Gasteiger partial charge in [-0.05, 0) is 44.3 Å². The van der Waals surface area contributed by atoms with Crippen LogP contribution in [0.5, 0.6) is 0 Å². The van der Waals surface area contributed by atoms with Crippen LogP contribution in [0.15, 0.2) is 0 Å². The maximum Gasteiger partial charge on any atom is 1.00 e. The van der Waals surface area contributed by atoms with Gasteiger partial charge >= 0.3 is 84.3 Å². The zero-order valence-electron chi connectivity index (χ0n) is 26.3. The quantitative estimate of drug-likeness (QED) is 0.0437. The van der Waals surface area contributed by atoms with Crippen molar-refractivity contribution >= 4 is 43.0 Å². The first-order valence-corrected chi connectivity index (χ1v) is 16.0. The number of hydrogen-bond acceptors (Lipinski definition) is 11. The van der Waals surface area contributed by atoms with Crippen LogP contribution in [0.2, 0.25) is 0 Å². The molecular formula is C20H31ClF12N4Na2O8S2. The van der Waals surface area contributed by atoms with Crippen LogP contribution in [-0.4, -0.2) is 129 Å². The zero-order chi connectivity index (χ0) is 38.1. The first-order chi connectivity index (χ1) is 20.8. The van der Waals surface area contributed by atoms with Crippen molar-refractivity contribution in [3.63, 3.8) is 0 Å². The number of halogens is 13. The fraction of sp³-hybridized carbons (Fsp3) is 0.900. The van der Waals surface area contributed by atoms with Gasteiger partial charge in [-0.3, -0.25) is 9.59 Å². The number of alkyl halides is 12. The van der Waals surface area contributed by atoms with Crippen molar-refractivity contribution in [3.8, 4) is 0 Å². The van der Waals surface area contributed by atoms with E-state index in [1.165, 1.54) is 7.05 Å². The van der Waals surface area contributed by atoms with Crippen LogP contribution >= 0.6 is 11.6 Å². The number of nitrogens with one attached hydrogen (secondary N) is 1. The smallest absolute Gasteiger partial charge is 0.748 e. The van der Waals surface area contributed by atoms with E-state index in [-0.39, 0.29) is 97.1 Å². The Morgan fingerprint density at radius 3 is 1.20 bits per heavy atom. The topological polar surface area (TPSA) is 170 Å². The number of unbranched alkanes of at least 4 members (excludes halogenated alkanes) is 2. The summed E-state index contributed by atoms with van der Waals surface area (Å²) in [7, 11) is -5.76. The van der Waals surface area contributed by atoms with E-state index in [1.807, 2.05) is 0 Å². The molecule has 0 heterocycles. The fourth-order valence-electron chi connectivity index (χ4n) is 2.67. The molecule has 12 nitrogen and oxygen atoms in total. The molecule has 284 valence electrons. The molecule has 0 unspecified atom stereocenters. The first kappa shape index (κ1) is 58.6. The van der Waals surface area contributed by atoms with Crippen molar-refractivity contribution in [1.82, 2.24) is 20.0 Å². The molecule has 0 saturated carbocycles. The Morgan fingerprint density at radius 2 is 0.959 bits per heavy atom. The summed E-state index contributed by atoms with van der Waals surface area (Å²) in [6.07, 6.45) is -24.0. The Bertz CT molecular complexity index is 1120. The van der Waals surface area contributed by atoms with Crippen LogP contribution in [0.3, 0.4) is 0 Å². The largest absolute Gasteiger partial charge is 1.00 e. The summed E-state index contributed by atoms with van der Waals surface area (Å²) in [6.45, 7) is -2.76. The van der Waals surface area contributed by atoms with Crippen LogP contribution in [-0.2, 0) is 29.8 Å². The zero-order valence-corrected chi connectivity index (χ0v) is 32.7. The van der Waals surface area contributed by atoms with Crippen molar-refractivity contribution in [3.05, 3.63) is 0 Å². The van der Waals surface area contributed by atoms with Gasteiger partial charge in [0.05, 0.1) is 31.7 Å². The second kappa shape index (κ2) is 26.1. The molecule has 0 aromatic carbocycles. The molecule has 0 aliphatic carbocycles. The van der Waals surface area contributed by atoms with Crippen LogP contribution in [0, 0.1) is 0 Å². The van der Waals surface area contributed by atoms with Gasteiger partial charge < -0.3 is 19.3 Å². The fourth-order valence-corrected chi connectivity index (χ4v) is 3.75. The maximum absolute atomic E-state index is 12.2. The van der Waals surface area contributed by atoms with Crippen molar-refractivity contribution in [2.75, 3.05) is 51.8 Å². The Morgan fingerprint density at radius 1 is 0.633 bits per heavy atom. The van der Waals surface area contributed by atoms with Crippen LogP contribution in [0.25, 0.3) is 0 Å². The van der Waals surface area contributed by atoms with E-state index < -0.39 is 105 Å². The van der Waals surface area contributed by atoms with Crippen molar-refractivity contribution in [2.24, 2.45) is 0 Å². The summed E-state index contributed by atoms with van der Waals surface area (Å²) >= 11 is 4.88. The molecule has 0 bridgehead atoms. The number of amides is 1. The van der Waals surface area contributed by atoms with Gasteiger partial charge in [-0.1, -0.05) is 0 Å². The molecule has 1 amide bonds. The minimum absolute atomic E-state index is 0. The molecular weight excluding hydrogens is 798 g/mol. The van der Waals surface area contributed by atoms with Crippen molar-refractivity contribution in [2.45, 2.75) is 63.7 Å². The van der Waals surface area contributed by atoms with Gasteiger partial charge in [-0.25, -0.2) is 16.8 Å². The monoisotopic (exact) mass is 828 g/mol. The third-order valence-corrected chi connectivity index (χ3v) is 6.53. The van der Waals surface area contributed by atoms with Gasteiger partial charge in [0.2, 0.25) is 11.1 Å². The Kier molecular flexibility index (Phi) is 31.2. The van der Waals surface area contributed by atoms with E-state index in [1.54, 1.807) is 7.05 Å². The molecule has 0 spiro atoms. The molecule has 0 aromatic rings. The van der Waals surface area contributed by atoms with E-state index >= 15 is 0 Å². The van der Waals surface area contributed by atoms with E-state index in [4.69, 9.17) is 11.6 Å². The van der Waals surface area contributed by atoms with Crippen LogP contribution < -0.4 is 64.4 Å². The molecule has 0 rings (SSSR count). The molecule has 1 N–H and O–H groups in total. The summed E-state index contributed by atoms with van der Waals surface area (Å²) in [4.78, 5) is 19.4. The predicted molar refractivity (Wildman–Crippen MR) is 137 cm³/mol. The summed E-state index contributed by atoms with van der Waals surface area (Å²) in [5.74, 6) is -1.84. The Balaban J connectivity index is -0.000000216. The van der Waals surface area contributed by atoms with Crippen molar-refractivity contribution < 1.29 is 147 Å². The molecule has 0 aliphatic heterocycles. The number of nitrogens with zero attached hydrogens (tertiary/aromatic N) is 3. The SMILES string of the molecule is CN(CCS(=O)(=O)[O-])C(=O)CCCCN(C(F)(F)F)C(F)(F)F.CNCCS(=O)(=O)[O-].O=C(Cl)CCCCN(C(F)(F)F)C(F)(F)F.[Na+].[Na+]. The first-order valence-electron chi connectivity index (χ1n) is 12.5. The number of carbonyl (C=O) groups is 2. The van der Waals surface area contributed by atoms with E-state index in [9.17, 15) is 88.2 Å². The molecule has 49 heavy (non-hydrogen) atoms. The molecule has 0 aliphatic rings. The summed E-state index contributed by atoms with van der Waals surface area (Å²) < 4.78 is 205. The van der Waals surface area contributed by atoms with Gasteiger partial charge in [0.25, 0.3) is 0 Å². The number of rotatable bonds is 16. The van der Waals surface area contributed by atoms with Crippen LogP contribution in [0.1, 0.15) is 38.5 Å². The third-order valence-electron chi connectivity index (χ3n) is 4.96. The standard InChI is InChI=1S/C10H16F6N2O4S.C7H8ClF6NO.C3H9NO3S.2Na/c1-17(6-7-23(20,21)22)8(19)4-2-3-5-18(9(11,12)13)10(14,15)16;8-5(16)3-1-2-4-15(6(9,10)11)7(12,13)14;1-4-2-3-8(5,6)7;;/h2-7H2,1H3,(H,20,21,22);1-4H2;4H,2-3H2,1H3,(H,5,6,7);;/q;;;2*+1/p-2. The summed E-state index contributed by atoms with van der Waals surface area (Å²) in [5.41, 5.74) is 0. The summed E-state index contributed by atoms with van der Waals surface area (Å²) in [5, 5.41) is 1.76. The normalized spacial score (nSPS) is 12.6. The average molecular weight is 829 g/mol. The molecule has 0 fully saturated rings. The second-order valence-electron chi connectivity index (χ2n) is 8.89. The van der Waals surface area contributed by atoms with Gasteiger partial charge in [-0.15, -0.1) is 9.80 Å². The predicted octanol–water partition coefficient (Wildman–Crippen LogP) is -2.48. The average Bonchev–Trinajstić information content (AvgIpc) is 2.82. The molecule has 0 atom stereocenters. The Labute approximate surface area is 323 Å². The second-order valence-corrected chi connectivity index (χ2v) is 12.4. The Hall–Kier alpha value is 0.290. The van der Waals surface area contributed by atoms with Crippen LogP contribution in [0.4, 0.5) is 52.7 Å². The molecule has 29 heteroatoms. The molecule has 0 radical (unpaired) electrons. The molecule has 0 saturated heterocycles. The van der Waals surface area contributed by atoms with E-state index in [0.717, 1.165) is 4.90 Å². The van der Waals surface area contributed by atoms with Gasteiger partial charge in [-0.2, -0.15) is 52.7 Å². The van der Waals surface area contributed by atoms with Crippen molar-refractivity contribution in [1.29, 1.82) is 0 Å². The van der Waals surface area contributed by atoms with Gasteiger partial charge in [0, 0.05) is 46.1 Å². The van der Waals surface area contributed by atoms with E-state index in [2.05, 4.69) is 5.32 Å². The number of hydrogen-bond donors (Lipinski definition) is 1. The maximum atomic E-state index is 12.2. The number of carbonyl (C=O) groups excluding carboxylic acids is 2. The third kappa shape index (κ3) is 36.4. The minimum Gasteiger partial charge on any atom is -0.748 e. The molecule has 0 aromatic heterocycles. The minimum atomic E-state index is -5.57. The van der Waals surface area contributed by atoms with E-state index in [0.29, 0.717) is 0 Å². The van der Waals surface area contributed by atoms with Gasteiger partial charge in [0.1, 0.15) is 0 Å².